The summed E-state index contributed by atoms with van der Waals surface area (Å²) in [6.45, 7) is 4.64. The van der Waals surface area contributed by atoms with Gasteiger partial charge >= 0.3 is 0 Å². The monoisotopic (exact) mass is 716 g/mol. The minimum Gasteiger partial charge on any atom is -0.456 e. The average Bonchev–Trinajstić information content (AvgIpc) is 3.74. The minimum absolute atomic E-state index is 0.0680. The molecule has 8 aromatic carbocycles. The molecule has 10 aromatic rings. The molecule has 0 spiro atoms. The first-order valence-corrected chi connectivity index (χ1v) is 19.2. The Kier molecular flexibility index (Phi) is 7.20. The van der Waals surface area contributed by atoms with Gasteiger partial charge in [-0.15, -0.1) is 0 Å². The van der Waals surface area contributed by atoms with Crippen LogP contribution >= 0.6 is 0 Å². The normalized spacial score (nSPS) is 13.0. The predicted molar refractivity (Wildman–Crippen MR) is 232 cm³/mol. The molecule has 0 saturated carbocycles. The van der Waals surface area contributed by atoms with Gasteiger partial charge in [-0.2, -0.15) is 0 Å². The van der Waals surface area contributed by atoms with Crippen LogP contribution in [0.3, 0.4) is 0 Å². The molecule has 0 radical (unpaired) electrons. The average molecular weight is 717 g/mol. The Morgan fingerprint density at radius 1 is 0.375 bits per heavy atom. The number of nitrogens with zero attached hydrogens (tertiary/aromatic N) is 2. The van der Waals surface area contributed by atoms with Crippen molar-refractivity contribution in [3.63, 3.8) is 0 Å². The molecule has 3 heteroatoms. The molecule has 1 aliphatic rings. The number of furan rings is 1. The molecular formula is C53H36N2O. The van der Waals surface area contributed by atoms with Crippen molar-refractivity contribution in [2.75, 3.05) is 0 Å². The lowest BCUT2D eigenvalue weighted by molar-refractivity contribution is 0.660. The van der Waals surface area contributed by atoms with E-state index in [1.807, 2.05) is 30.3 Å². The number of hydrogen-bond donors (Lipinski definition) is 0. The highest BCUT2D eigenvalue weighted by atomic mass is 16.3. The topological polar surface area (TPSA) is 38.9 Å². The molecule has 0 amide bonds. The lowest BCUT2D eigenvalue weighted by Gasteiger charge is -2.21. The van der Waals surface area contributed by atoms with E-state index in [0.29, 0.717) is 5.82 Å². The quantitative estimate of drug-likeness (QED) is 0.178. The van der Waals surface area contributed by atoms with Crippen LogP contribution in [-0.4, -0.2) is 9.97 Å². The van der Waals surface area contributed by atoms with Crippen LogP contribution < -0.4 is 0 Å². The molecule has 0 N–H and O–H groups in total. The molecule has 0 fully saturated rings. The summed E-state index contributed by atoms with van der Waals surface area (Å²) in [5.41, 5.74) is 16.2. The summed E-state index contributed by atoms with van der Waals surface area (Å²) in [7, 11) is 0. The van der Waals surface area contributed by atoms with Crippen molar-refractivity contribution in [1.29, 1.82) is 0 Å². The van der Waals surface area contributed by atoms with Gasteiger partial charge in [0.15, 0.2) is 5.82 Å². The summed E-state index contributed by atoms with van der Waals surface area (Å²) < 4.78 is 6.37. The van der Waals surface area contributed by atoms with Gasteiger partial charge in [0.2, 0.25) is 0 Å². The maximum Gasteiger partial charge on any atom is 0.160 e. The smallest absolute Gasteiger partial charge is 0.160 e. The molecule has 2 aromatic heterocycles. The molecular weight excluding hydrogens is 681 g/mol. The third kappa shape index (κ3) is 5.27. The van der Waals surface area contributed by atoms with Crippen LogP contribution in [0.1, 0.15) is 25.0 Å². The number of hydrogen-bond acceptors (Lipinski definition) is 3. The summed E-state index contributed by atoms with van der Waals surface area (Å²) >= 11 is 0. The third-order valence-corrected chi connectivity index (χ3v) is 11.7. The Morgan fingerprint density at radius 3 is 1.86 bits per heavy atom. The fraction of sp³-hybridized carbons (Fsp3) is 0.0566. The highest BCUT2D eigenvalue weighted by Crippen LogP contribution is 2.49. The molecule has 264 valence electrons. The van der Waals surface area contributed by atoms with Crippen LogP contribution in [0, 0.1) is 0 Å². The van der Waals surface area contributed by atoms with Crippen LogP contribution in [0.5, 0.6) is 0 Å². The van der Waals surface area contributed by atoms with E-state index in [1.54, 1.807) is 0 Å². The summed E-state index contributed by atoms with van der Waals surface area (Å²) in [6, 6.07) is 65.0. The molecule has 0 aliphatic heterocycles. The predicted octanol–water partition coefficient (Wildman–Crippen LogP) is 14.2. The molecule has 3 nitrogen and oxygen atoms in total. The minimum atomic E-state index is -0.0680. The number of fused-ring (bicyclic) bond motifs is 7. The molecule has 0 unspecified atom stereocenters. The zero-order valence-electron chi connectivity index (χ0n) is 31.1. The van der Waals surface area contributed by atoms with Crippen LogP contribution in [0.4, 0.5) is 0 Å². The van der Waals surface area contributed by atoms with Gasteiger partial charge in [0.05, 0.1) is 11.4 Å². The Balaban J connectivity index is 1.12. The van der Waals surface area contributed by atoms with E-state index in [4.69, 9.17) is 14.4 Å². The van der Waals surface area contributed by atoms with Crippen LogP contribution in [0.15, 0.2) is 186 Å². The molecule has 0 atom stereocenters. The zero-order chi connectivity index (χ0) is 37.4. The largest absolute Gasteiger partial charge is 0.456 e. The highest BCUT2D eigenvalue weighted by molar-refractivity contribution is 6.06. The second-order valence-electron chi connectivity index (χ2n) is 15.4. The molecule has 2 heterocycles. The standard InChI is InChI=1S/C53H36N2O/c1-53(2)46-18-10-8-16-42(46)45-30-38(23-25-47(45)53)48-32-49(55-52(54-48)34-13-4-3-5-14-34)41-28-39(36-21-20-33-12-6-7-15-35(33)26-36)27-40(29-41)37-22-24-44-43-17-9-11-19-50(43)56-51(44)31-37/h3-32H,1-2H3. The van der Waals surface area contributed by atoms with Crippen molar-refractivity contribution < 1.29 is 4.42 Å². The lowest BCUT2D eigenvalue weighted by Crippen LogP contribution is -2.14. The van der Waals surface area contributed by atoms with Crippen molar-refractivity contribution in [3.8, 4) is 67.3 Å². The van der Waals surface area contributed by atoms with E-state index in [-0.39, 0.29) is 5.41 Å². The summed E-state index contributed by atoms with van der Waals surface area (Å²) in [5, 5.41) is 4.66. The first-order valence-electron chi connectivity index (χ1n) is 19.2. The van der Waals surface area contributed by atoms with Gasteiger partial charge in [-0.1, -0.05) is 141 Å². The van der Waals surface area contributed by atoms with Crippen molar-refractivity contribution >= 4 is 32.7 Å². The van der Waals surface area contributed by atoms with Crippen molar-refractivity contribution in [2.45, 2.75) is 19.3 Å². The van der Waals surface area contributed by atoms with E-state index in [1.165, 1.54) is 33.0 Å². The Bertz CT molecular complexity index is 3170. The van der Waals surface area contributed by atoms with E-state index in [2.05, 4.69) is 166 Å². The first kappa shape index (κ1) is 32.3. The van der Waals surface area contributed by atoms with Gasteiger partial charge in [0, 0.05) is 32.9 Å². The number of aromatic nitrogens is 2. The molecule has 0 saturated heterocycles. The number of rotatable bonds is 5. The third-order valence-electron chi connectivity index (χ3n) is 11.7. The second-order valence-corrected chi connectivity index (χ2v) is 15.4. The van der Waals surface area contributed by atoms with Crippen LogP contribution in [0.25, 0.3) is 100.0 Å². The van der Waals surface area contributed by atoms with Crippen LogP contribution in [0.2, 0.25) is 0 Å². The van der Waals surface area contributed by atoms with E-state index in [9.17, 15) is 0 Å². The maximum atomic E-state index is 6.37. The van der Waals surface area contributed by atoms with Crippen molar-refractivity contribution in [1.82, 2.24) is 9.97 Å². The SMILES string of the molecule is CC1(C)c2ccccc2-c2cc(-c3cc(-c4cc(-c5ccc6ccccc6c5)cc(-c5ccc6c(c5)oc5ccccc56)c4)nc(-c4ccccc4)n3)ccc21. The fourth-order valence-electron chi connectivity index (χ4n) is 8.72. The fourth-order valence-corrected chi connectivity index (χ4v) is 8.72. The summed E-state index contributed by atoms with van der Waals surface area (Å²) in [6.07, 6.45) is 0. The van der Waals surface area contributed by atoms with Gasteiger partial charge in [-0.05, 0) is 110 Å². The molecule has 0 bridgehead atoms. The van der Waals surface area contributed by atoms with Gasteiger partial charge in [0.25, 0.3) is 0 Å². The first-order chi connectivity index (χ1) is 27.5. The van der Waals surface area contributed by atoms with E-state index >= 15 is 0 Å². The Hall–Kier alpha value is -7.10. The Labute approximate surface area is 325 Å². The van der Waals surface area contributed by atoms with Gasteiger partial charge in [-0.3, -0.25) is 0 Å². The van der Waals surface area contributed by atoms with E-state index < -0.39 is 0 Å². The van der Waals surface area contributed by atoms with Crippen molar-refractivity contribution in [3.05, 3.63) is 193 Å². The second kappa shape index (κ2) is 12.5. The number of para-hydroxylation sites is 1. The van der Waals surface area contributed by atoms with Crippen LogP contribution in [-0.2, 0) is 5.41 Å². The van der Waals surface area contributed by atoms with Gasteiger partial charge in [-0.25, -0.2) is 9.97 Å². The van der Waals surface area contributed by atoms with Gasteiger partial charge in [0.1, 0.15) is 11.2 Å². The van der Waals surface area contributed by atoms with Gasteiger partial charge < -0.3 is 4.42 Å². The summed E-state index contributed by atoms with van der Waals surface area (Å²) in [4.78, 5) is 10.5. The highest BCUT2D eigenvalue weighted by Gasteiger charge is 2.35. The Morgan fingerprint density at radius 2 is 1.00 bits per heavy atom. The molecule has 1 aliphatic carbocycles. The number of benzene rings is 8. The van der Waals surface area contributed by atoms with Crippen molar-refractivity contribution in [2.24, 2.45) is 0 Å². The lowest BCUT2D eigenvalue weighted by atomic mass is 9.82. The summed E-state index contributed by atoms with van der Waals surface area (Å²) in [5.74, 6) is 0.695. The molecule has 11 rings (SSSR count). The zero-order valence-corrected chi connectivity index (χ0v) is 31.1. The maximum absolute atomic E-state index is 6.37. The van der Waals surface area contributed by atoms with E-state index in [0.717, 1.165) is 72.3 Å². The molecule has 56 heavy (non-hydrogen) atoms.